The quantitative estimate of drug-likeness (QED) is 0.569. The highest BCUT2D eigenvalue weighted by molar-refractivity contribution is 6.69. The molecule has 3 saturated heterocycles. The van der Waals surface area contributed by atoms with Gasteiger partial charge in [0, 0.05) is 0 Å². The lowest BCUT2D eigenvalue weighted by atomic mass is 9.82. The second-order valence-corrected chi connectivity index (χ2v) is 13.1. The van der Waals surface area contributed by atoms with Crippen molar-refractivity contribution in [2.75, 3.05) is 6.61 Å². The van der Waals surface area contributed by atoms with Gasteiger partial charge in [0.15, 0.2) is 14.6 Å². The van der Waals surface area contributed by atoms with E-state index >= 15 is 0 Å². The van der Waals surface area contributed by atoms with Crippen LogP contribution in [0.1, 0.15) is 39.5 Å². The minimum Gasteiger partial charge on any atom is -0.415 e. The molecule has 0 aliphatic carbocycles. The SMILES string of the molecule is CCCCB1O[C@H]2[C@@H](O1)[C@@H](CO[Si](C)(C)C)O[C@@H]1OB(CCCC)O[C@@H]12. The molecule has 0 aromatic carbocycles. The van der Waals surface area contributed by atoms with Gasteiger partial charge in [-0.25, -0.2) is 0 Å². The van der Waals surface area contributed by atoms with Gasteiger partial charge in [0.25, 0.3) is 0 Å². The Kier molecular flexibility index (Phi) is 7.27. The van der Waals surface area contributed by atoms with Crippen LogP contribution in [0.5, 0.6) is 0 Å². The van der Waals surface area contributed by atoms with Crippen molar-refractivity contribution in [1.29, 1.82) is 0 Å². The molecular weight excluding hydrogens is 350 g/mol. The first-order valence-electron chi connectivity index (χ1n) is 10.3. The predicted octanol–water partition coefficient (Wildman–Crippen LogP) is 3.34. The van der Waals surface area contributed by atoms with Crippen molar-refractivity contribution in [3.8, 4) is 0 Å². The third-order valence-electron chi connectivity index (χ3n) is 5.07. The lowest BCUT2D eigenvalue weighted by Crippen LogP contribution is -2.56. The molecular formula is C17H34B2O6Si. The lowest BCUT2D eigenvalue weighted by molar-refractivity contribution is -0.221. The maximum Gasteiger partial charge on any atom is 0.459 e. The Bertz CT molecular complexity index is 451. The Balaban J connectivity index is 1.66. The highest BCUT2D eigenvalue weighted by Gasteiger charge is 2.58. The third-order valence-corrected chi connectivity index (χ3v) is 6.10. The van der Waals surface area contributed by atoms with Crippen molar-refractivity contribution in [3.63, 3.8) is 0 Å². The van der Waals surface area contributed by atoms with E-state index in [4.69, 9.17) is 27.8 Å². The van der Waals surface area contributed by atoms with Gasteiger partial charge in [0.05, 0.1) is 18.8 Å². The largest absolute Gasteiger partial charge is 0.459 e. The summed E-state index contributed by atoms with van der Waals surface area (Å²) in [6.07, 6.45) is 5.15. The molecule has 0 amide bonds. The molecule has 0 N–H and O–H groups in total. The van der Waals surface area contributed by atoms with Crippen LogP contribution in [0.25, 0.3) is 0 Å². The molecule has 9 heteroatoms. The molecule has 0 aromatic heterocycles. The molecule has 26 heavy (non-hydrogen) atoms. The summed E-state index contributed by atoms with van der Waals surface area (Å²) in [5, 5.41) is 0. The molecule has 6 nitrogen and oxygen atoms in total. The topological polar surface area (TPSA) is 55.4 Å². The van der Waals surface area contributed by atoms with Crippen molar-refractivity contribution in [3.05, 3.63) is 0 Å². The van der Waals surface area contributed by atoms with E-state index in [1.807, 2.05) is 0 Å². The summed E-state index contributed by atoms with van der Waals surface area (Å²) in [6.45, 7) is 11.4. The fourth-order valence-electron chi connectivity index (χ4n) is 3.67. The third kappa shape index (κ3) is 5.13. The van der Waals surface area contributed by atoms with Crippen molar-refractivity contribution < 1.29 is 27.8 Å². The standard InChI is InChI=1S/C17H34B2O6Si/c1-6-8-10-18-22-14-13(12-20-26(3,4)5)21-17-16(15(14)23-18)24-19(25-17)11-9-7-2/h13-17H,6-12H2,1-5H3/t13-,14+,15+,16-,17-/m1/s1. The number of unbranched alkanes of at least 4 members (excludes halogenated alkanes) is 2. The van der Waals surface area contributed by atoms with Crippen molar-refractivity contribution in [1.82, 2.24) is 0 Å². The normalized spacial score (nSPS) is 34.3. The molecule has 148 valence electrons. The van der Waals surface area contributed by atoms with E-state index in [9.17, 15) is 0 Å². The Labute approximate surface area is 160 Å². The number of rotatable bonds is 9. The van der Waals surface area contributed by atoms with Gasteiger partial charge >= 0.3 is 14.2 Å². The zero-order valence-electron chi connectivity index (χ0n) is 16.9. The highest BCUT2D eigenvalue weighted by Crippen LogP contribution is 2.39. The van der Waals surface area contributed by atoms with Gasteiger partial charge < -0.3 is 27.8 Å². The molecule has 3 rings (SSSR count). The van der Waals surface area contributed by atoms with Crippen molar-refractivity contribution in [2.24, 2.45) is 0 Å². The Morgan fingerprint density at radius 3 is 2.00 bits per heavy atom. The van der Waals surface area contributed by atoms with E-state index in [2.05, 4.69) is 33.5 Å². The zero-order valence-corrected chi connectivity index (χ0v) is 17.9. The molecule has 3 heterocycles. The summed E-state index contributed by atoms with van der Waals surface area (Å²) < 4.78 is 37.0. The number of hydrogen-bond donors (Lipinski definition) is 0. The molecule has 5 atom stereocenters. The van der Waals surface area contributed by atoms with E-state index in [-0.39, 0.29) is 44.9 Å². The van der Waals surface area contributed by atoms with Gasteiger partial charge in [0.2, 0.25) is 0 Å². The van der Waals surface area contributed by atoms with E-state index in [0.717, 1.165) is 38.3 Å². The maximum absolute atomic E-state index is 6.24. The molecule has 0 unspecified atom stereocenters. The van der Waals surface area contributed by atoms with Crippen LogP contribution in [0, 0.1) is 0 Å². The Morgan fingerprint density at radius 2 is 1.38 bits per heavy atom. The molecule has 0 aromatic rings. The van der Waals surface area contributed by atoms with Crippen molar-refractivity contribution in [2.45, 2.75) is 103 Å². The van der Waals surface area contributed by atoms with Gasteiger partial charge in [0.1, 0.15) is 12.2 Å². The fraction of sp³-hybridized carbons (Fsp3) is 1.00. The van der Waals surface area contributed by atoms with Crippen LogP contribution in [0.3, 0.4) is 0 Å². The zero-order chi connectivity index (χ0) is 18.7. The molecule has 0 saturated carbocycles. The van der Waals surface area contributed by atoms with Crippen LogP contribution in [0.2, 0.25) is 32.3 Å². The average molecular weight is 384 g/mol. The molecule has 3 aliphatic heterocycles. The lowest BCUT2D eigenvalue weighted by Gasteiger charge is -2.39. The van der Waals surface area contributed by atoms with Crippen molar-refractivity contribution >= 4 is 22.6 Å². The van der Waals surface area contributed by atoms with Crippen LogP contribution in [0.15, 0.2) is 0 Å². The Hall–Kier alpha value is 0.107. The molecule has 0 bridgehead atoms. The van der Waals surface area contributed by atoms with Crippen LogP contribution in [0.4, 0.5) is 0 Å². The van der Waals surface area contributed by atoms with Gasteiger partial charge in [-0.15, -0.1) is 0 Å². The first kappa shape index (κ1) is 20.8. The smallest absolute Gasteiger partial charge is 0.415 e. The highest BCUT2D eigenvalue weighted by atomic mass is 28.4. The summed E-state index contributed by atoms with van der Waals surface area (Å²) in [5.41, 5.74) is 0. The molecule has 0 radical (unpaired) electrons. The minimum atomic E-state index is -1.64. The van der Waals surface area contributed by atoms with Gasteiger partial charge in [-0.1, -0.05) is 39.5 Å². The number of fused-ring (bicyclic) bond motifs is 3. The molecule has 0 spiro atoms. The first-order chi connectivity index (χ1) is 12.4. The fourth-order valence-corrected chi connectivity index (χ4v) is 4.34. The van der Waals surface area contributed by atoms with Crippen LogP contribution in [-0.2, 0) is 27.8 Å². The van der Waals surface area contributed by atoms with E-state index in [1.165, 1.54) is 0 Å². The van der Waals surface area contributed by atoms with Crippen LogP contribution in [-0.4, -0.2) is 59.9 Å². The summed E-state index contributed by atoms with van der Waals surface area (Å²) in [7, 11) is -2.02. The van der Waals surface area contributed by atoms with Gasteiger partial charge in [-0.3, -0.25) is 0 Å². The minimum absolute atomic E-state index is 0.141. The van der Waals surface area contributed by atoms with E-state index in [1.54, 1.807) is 0 Å². The van der Waals surface area contributed by atoms with E-state index in [0.29, 0.717) is 6.61 Å². The van der Waals surface area contributed by atoms with Crippen LogP contribution < -0.4 is 0 Å². The average Bonchev–Trinajstić information content (AvgIpc) is 3.18. The number of hydrogen-bond acceptors (Lipinski definition) is 6. The second-order valence-electron chi connectivity index (χ2n) is 8.55. The second kappa shape index (κ2) is 9.07. The maximum atomic E-state index is 6.24. The summed E-state index contributed by atoms with van der Waals surface area (Å²) in [4.78, 5) is 0. The summed E-state index contributed by atoms with van der Waals surface area (Å²) in [6, 6.07) is 0. The molecule has 3 fully saturated rings. The Morgan fingerprint density at radius 1 is 0.808 bits per heavy atom. The predicted molar refractivity (Wildman–Crippen MR) is 105 cm³/mol. The first-order valence-corrected chi connectivity index (χ1v) is 13.7. The monoisotopic (exact) mass is 384 g/mol. The van der Waals surface area contributed by atoms with Gasteiger partial charge in [-0.05, 0) is 32.3 Å². The summed E-state index contributed by atoms with van der Waals surface area (Å²) >= 11 is 0. The summed E-state index contributed by atoms with van der Waals surface area (Å²) in [5.74, 6) is 0. The van der Waals surface area contributed by atoms with Crippen LogP contribution >= 0.6 is 0 Å². The van der Waals surface area contributed by atoms with E-state index < -0.39 is 8.32 Å². The molecule has 3 aliphatic rings. The number of ether oxygens (including phenoxy) is 1. The van der Waals surface area contributed by atoms with Gasteiger partial charge in [-0.2, -0.15) is 0 Å².